The molecule has 0 saturated carbocycles. The molecule has 0 aliphatic carbocycles. The number of nitrogens with zero attached hydrogens (tertiary/aromatic N) is 4. The van der Waals surface area contributed by atoms with E-state index in [1.165, 1.54) is 12.4 Å². The van der Waals surface area contributed by atoms with Gasteiger partial charge in [-0.1, -0.05) is 17.7 Å². The molecule has 0 saturated heterocycles. The molecule has 180 valence electrons. The van der Waals surface area contributed by atoms with E-state index in [0.29, 0.717) is 34.4 Å². The molecule has 0 aliphatic rings. The van der Waals surface area contributed by atoms with E-state index in [4.69, 9.17) is 27.9 Å². The molecular formula is C23H20Cl2N6O3S. The lowest BCUT2D eigenvalue weighted by atomic mass is 10.1. The van der Waals surface area contributed by atoms with Crippen LogP contribution in [0.3, 0.4) is 0 Å². The van der Waals surface area contributed by atoms with Gasteiger partial charge >= 0.3 is 0 Å². The number of halogens is 2. The zero-order valence-corrected chi connectivity index (χ0v) is 20.8. The lowest BCUT2D eigenvalue weighted by molar-refractivity contribution is 0.342. The molecular weight excluding hydrogens is 511 g/mol. The first-order valence-electron chi connectivity index (χ1n) is 10.3. The molecule has 2 aromatic heterocycles. The molecule has 9 nitrogen and oxygen atoms in total. The van der Waals surface area contributed by atoms with Crippen molar-refractivity contribution in [2.45, 2.75) is 6.54 Å². The number of alkyl halides is 1. The molecule has 0 unspecified atom stereocenters. The minimum Gasteiger partial charge on any atom is -0.489 e. The average Bonchev–Trinajstić information content (AvgIpc) is 3.25. The number of aromatic nitrogens is 3. The molecule has 0 atom stereocenters. The number of nitrogens with one attached hydrogen (secondary N) is 2. The number of fused-ring (bicyclic) bond motifs is 1. The summed E-state index contributed by atoms with van der Waals surface area (Å²) in [5.41, 5.74) is 3.69. The van der Waals surface area contributed by atoms with Crippen molar-refractivity contribution in [1.82, 2.24) is 14.5 Å². The Kier molecular flexibility index (Phi) is 7.31. The van der Waals surface area contributed by atoms with Gasteiger partial charge in [-0.15, -0.1) is 11.6 Å². The van der Waals surface area contributed by atoms with E-state index >= 15 is 0 Å². The van der Waals surface area contributed by atoms with Crippen LogP contribution in [0.15, 0.2) is 55.0 Å². The van der Waals surface area contributed by atoms with Crippen molar-refractivity contribution in [1.29, 1.82) is 5.26 Å². The van der Waals surface area contributed by atoms with Crippen LogP contribution >= 0.6 is 23.2 Å². The van der Waals surface area contributed by atoms with Crippen molar-refractivity contribution >= 4 is 55.8 Å². The second kappa shape index (κ2) is 10.4. The van der Waals surface area contributed by atoms with Crippen LogP contribution in [0.4, 0.5) is 11.6 Å². The van der Waals surface area contributed by atoms with Crippen molar-refractivity contribution in [3.8, 4) is 17.5 Å². The Bertz CT molecular complexity index is 1520. The number of rotatable bonds is 9. The second-order valence-corrected chi connectivity index (χ2v) is 10.1. The molecule has 0 spiro atoms. The highest BCUT2D eigenvalue weighted by Gasteiger charge is 2.14. The summed E-state index contributed by atoms with van der Waals surface area (Å²) in [4.78, 5) is 7.98. The predicted octanol–water partition coefficient (Wildman–Crippen LogP) is 4.55. The Morgan fingerprint density at radius 2 is 1.94 bits per heavy atom. The van der Waals surface area contributed by atoms with Gasteiger partial charge in [-0.2, -0.15) is 5.26 Å². The number of benzene rings is 2. The fraction of sp³-hybridized carbons (Fsp3) is 0.174. The Hall–Kier alpha value is -3.52. The van der Waals surface area contributed by atoms with Gasteiger partial charge in [0, 0.05) is 23.8 Å². The number of hydrogen-bond donors (Lipinski definition) is 2. The summed E-state index contributed by atoms with van der Waals surface area (Å²) in [6, 6.07) is 13.6. The first kappa shape index (κ1) is 24.6. The topological polar surface area (TPSA) is 122 Å². The predicted molar refractivity (Wildman–Crippen MR) is 137 cm³/mol. The molecule has 2 aromatic carbocycles. The maximum atomic E-state index is 11.3. The van der Waals surface area contributed by atoms with Crippen LogP contribution in [0.25, 0.3) is 16.6 Å². The van der Waals surface area contributed by atoms with E-state index < -0.39 is 10.0 Å². The first-order chi connectivity index (χ1) is 16.8. The van der Waals surface area contributed by atoms with Gasteiger partial charge in [0.2, 0.25) is 16.0 Å². The van der Waals surface area contributed by atoms with Gasteiger partial charge in [-0.25, -0.2) is 18.4 Å². The molecule has 0 radical (unpaired) electrons. The maximum Gasteiger partial charge on any atom is 0.236 e. The third kappa shape index (κ3) is 5.95. The van der Waals surface area contributed by atoms with E-state index in [9.17, 15) is 13.7 Å². The zero-order valence-electron chi connectivity index (χ0n) is 18.5. The van der Waals surface area contributed by atoms with Crippen molar-refractivity contribution in [3.05, 3.63) is 71.1 Å². The van der Waals surface area contributed by atoms with Crippen molar-refractivity contribution in [3.63, 3.8) is 0 Å². The monoisotopic (exact) mass is 530 g/mol. The highest BCUT2D eigenvalue weighted by Crippen LogP contribution is 2.33. The van der Waals surface area contributed by atoms with Crippen molar-refractivity contribution < 1.29 is 13.2 Å². The van der Waals surface area contributed by atoms with Crippen LogP contribution in [0.1, 0.15) is 11.1 Å². The number of ether oxygens (including phenoxy) is 1. The largest absolute Gasteiger partial charge is 0.489 e. The summed E-state index contributed by atoms with van der Waals surface area (Å²) in [7, 11) is -3.43. The number of hydrogen-bond acceptors (Lipinski definition) is 7. The molecule has 2 heterocycles. The summed E-state index contributed by atoms with van der Waals surface area (Å²) in [6.45, 7) is 0.771. The highest BCUT2D eigenvalue weighted by atomic mass is 35.5. The molecule has 12 heteroatoms. The van der Waals surface area contributed by atoms with Gasteiger partial charge in [0.1, 0.15) is 12.7 Å². The van der Waals surface area contributed by atoms with E-state index in [1.54, 1.807) is 12.1 Å². The van der Waals surface area contributed by atoms with Gasteiger partial charge in [0.05, 0.1) is 46.3 Å². The number of anilines is 2. The second-order valence-electron chi connectivity index (χ2n) is 7.56. The molecule has 0 aliphatic heterocycles. The van der Waals surface area contributed by atoms with Gasteiger partial charge in [-0.3, -0.25) is 4.72 Å². The average molecular weight is 531 g/mol. The normalized spacial score (nSPS) is 11.3. The SMILES string of the molecule is CS(=O)(=O)Nc1ncc(NCc2ccc3c(ccn3-c3cc(Cl)c(OCCCl)c(C#N)c3)c2)cn1. The van der Waals surface area contributed by atoms with Crippen LogP contribution in [0.5, 0.6) is 5.75 Å². The molecule has 4 aromatic rings. The maximum absolute atomic E-state index is 11.3. The van der Waals surface area contributed by atoms with E-state index in [0.717, 1.165) is 28.4 Å². The summed E-state index contributed by atoms with van der Waals surface area (Å²) < 4.78 is 32.2. The number of sulfonamides is 1. The smallest absolute Gasteiger partial charge is 0.236 e. The fourth-order valence-corrected chi connectivity index (χ4v) is 4.24. The first-order valence-corrected chi connectivity index (χ1v) is 13.1. The Balaban J connectivity index is 1.52. The van der Waals surface area contributed by atoms with Gasteiger partial charge in [0.15, 0.2) is 5.75 Å². The zero-order chi connectivity index (χ0) is 25.0. The molecule has 0 amide bonds. The number of nitriles is 1. The van der Waals surface area contributed by atoms with E-state index in [2.05, 4.69) is 26.1 Å². The Labute approximate surface area is 212 Å². The minimum atomic E-state index is -3.43. The van der Waals surface area contributed by atoms with Gasteiger partial charge < -0.3 is 14.6 Å². The molecule has 0 fully saturated rings. The lowest BCUT2D eigenvalue weighted by Crippen LogP contribution is -2.12. The van der Waals surface area contributed by atoms with Crippen LogP contribution in [0.2, 0.25) is 5.02 Å². The Morgan fingerprint density at radius 3 is 2.63 bits per heavy atom. The van der Waals surface area contributed by atoms with Crippen LogP contribution in [0, 0.1) is 11.3 Å². The summed E-state index contributed by atoms with van der Waals surface area (Å²) in [5.74, 6) is 0.632. The summed E-state index contributed by atoms with van der Waals surface area (Å²) in [6.07, 6.45) is 5.96. The van der Waals surface area contributed by atoms with Crippen LogP contribution in [-0.4, -0.2) is 41.7 Å². The van der Waals surface area contributed by atoms with Crippen LogP contribution < -0.4 is 14.8 Å². The standard InChI is InChI=1S/C23H20Cl2N6O3S/c1-35(32,33)30-23-28-13-18(14-29-23)27-12-15-2-3-21-16(8-15)4-6-31(21)19-9-17(11-26)22(20(25)10-19)34-7-5-24/h2-4,6,8-10,13-14,27H,5,7,12H2,1H3,(H,28,29,30). The molecule has 4 rings (SSSR count). The van der Waals surface area contributed by atoms with Crippen LogP contribution in [-0.2, 0) is 16.6 Å². The van der Waals surface area contributed by atoms with Crippen molar-refractivity contribution in [2.24, 2.45) is 0 Å². The lowest BCUT2D eigenvalue weighted by Gasteiger charge is -2.12. The molecule has 2 N–H and O–H groups in total. The van der Waals surface area contributed by atoms with Gasteiger partial charge in [-0.05, 0) is 35.9 Å². The quantitative estimate of drug-likeness (QED) is 0.304. The fourth-order valence-electron chi connectivity index (χ4n) is 3.46. The van der Waals surface area contributed by atoms with Gasteiger partial charge in [0.25, 0.3) is 0 Å². The van der Waals surface area contributed by atoms with E-state index in [1.807, 2.05) is 35.0 Å². The van der Waals surface area contributed by atoms with E-state index in [-0.39, 0.29) is 12.6 Å². The van der Waals surface area contributed by atoms with Crippen molar-refractivity contribution in [2.75, 3.05) is 28.8 Å². The highest BCUT2D eigenvalue weighted by molar-refractivity contribution is 7.91. The third-order valence-electron chi connectivity index (χ3n) is 4.93. The summed E-state index contributed by atoms with van der Waals surface area (Å²) in [5, 5.41) is 14.1. The molecule has 35 heavy (non-hydrogen) atoms. The summed E-state index contributed by atoms with van der Waals surface area (Å²) >= 11 is 12.1. The molecule has 0 bridgehead atoms. The third-order valence-corrected chi connectivity index (χ3v) is 5.92. The minimum absolute atomic E-state index is 0.0131. The Morgan fingerprint density at radius 1 is 1.17 bits per heavy atom.